The first-order valence-electron chi connectivity index (χ1n) is 8.60. The fraction of sp³-hybridized carbons (Fsp3) is 0.0952. The van der Waals surface area contributed by atoms with Crippen molar-refractivity contribution in [1.29, 1.82) is 0 Å². The van der Waals surface area contributed by atoms with Crippen LogP contribution in [0.15, 0.2) is 64.1 Å². The first kappa shape index (κ1) is 18.5. The topological polar surface area (TPSA) is 63.3 Å². The summed E-state index contributed by atoms with van der Waals surface area (Å²) in [5, 5.41) is 6.73. The third-order valence-electron chi connectivity index (χ3n) is 4.08. The zero-order valence-corrected chi connectivity index (χ0v) is 16.7. The monoisotopic (exact) mass is 410 g/mol. The second-order valence-corrected chi connectivity index (χ2v) is 7.17. The molecule has 4 aromatic rings. The molecule has 0 amide bonds. The molecular weight excluding hydrogens is 395 g/mol. The van der Waals surface area contributed by atoms with Crippen LogP contribution in [-0.2, 0) is 0 Å². The van der Waals surface area contributed by atoms with Gasteiger partial charge in [-0.15, -0.1) is 0 Å². The number of fused-ring (bicyclic) bond motifs is 1. The maximum Gasteiger partial charge on any atom is 0.243 e. The Morgan fingerprint density at radius 2 is 1.64 bits per heavy atom. The molecule has 2 heterocycles. The number of benzene rings is 2. The average Bonchev–Trinajstić information content (AvgIpc) is 2.66. The van der Waals surface area contributed by atoms with Crippen LogP contribution >= 0.6 is 23.2 Å². The van der Waals surface area contributed by atoms with Gasteiger partial charge in [-0.05, 0) is 32.0 Å². The Morgan fingerprint density at radius 1 is 0.929 bits per heavy atom. The zero-order chi connectivity index (χ0) is 19.7. The molecule has 0 fully saturated rings. The Kier molecular flexibility index (Phi) is 5.03. The first-order chi connectivity index (χ1) is 13.5. The molecule has 4 rings (SSSR count). The number of nitrogens with one attached hydrogen (secondary N) is 1. The van der Waals surface area contributed by atoms with Gasteiger partial charge in [0.05, 0.1) is 10.4 Å². The summed E-state index contributed by atoms with van der Waals surface area (Å²) in [5.74, 6) is 1.06. The fourth-order valence-corrected chi connectivity index (χ4v) is 3.45. The van der Waals surface area contributed by atoms with E-state index in [1.807, 2.05) is 56.3 Å². The Balaban J connectivity index is 1.92. The van der Waals surface area contributed by atoms with E-state index in [1.165, 1.54) is 0 Å². The summed E-state index contributed by atoms with van der Waals surface area (Å²) in [7, 11) is 0. The van der Waals surface area contributed by atoms with Gasteiger partial charge in [0.1, 0.15) is 5.76 Å². The van der Waals surface area contributed by atoms with Crippen molar-refractivity contribution in [3.63, 3.8) is 0 Å². The minimum atomic E-state index is 0.416. The van der Waals surface area contributed by atoms with Crippen LogP contribution in [0.25, 0.3) is 22.3 Å². The molecule has 0 aliphatic rings. The molecule has 0 unspecified atom stereocenters. The van der Waals surface area contributed by atoms with E-state index in [4.69, 9.17) is 27.6 Å². The van der Waals surface area contributed by atoms with E-state index in [1.54, 1.807) is 12.1 Å². The maximum atomic E-state index is 6.39. The van der Waals surface area contributed by atoms with Crippen LogP contribution < -0.4 is 10.8 Å². The lowest BCUT2D eigenvalue weighted by Crippen LogP contribution is -2.09. The van der Waals surface area contributed by atoms with Crippen LogP contribution in [0.5, 0.6) is 0 Å². The molecule has 0 aliphatic carbocycles. The maximum absolute atomic E-state index is 6.39. The van der Waals surface area contributed by atoms with Gasteiger partial charge in [0, 0.05) is 33.4 Å². The molecule has 0 spiro atoms. The Bertz CT molecular complexity index is 1220. The summed E-state index contributed by atoms with van der Waals surface area (Å²) in [6.45, 7) is 3.81. The molecule has 0 saturated heterocycles. The minimum absolute atomic E-state index is 0.416. The lowest BCUT2D eigenvalue weighted by Gasteiger charge is -2.07. The second-order valence-electron chi connectivity index (χ2n) is 6.32. The number of aryl methyl sites for hydroxylation is 2. The largest absolute Gasteiger partial charge is 0.454 e. The van der Waals surface area contributed by atoms with Crippen LogP contribution in [0, 0.1) is 13.8 Å². The standard InChI is InChI=1S/C21H16Cl2N4O/c1-12-8-13(2)25-21(24-12)27-26-18-11-19(14-6-4-3-5-7-14)28-20-16(18)9-15(22)10-17(20)23/h3-11H,1-2H3,(H,24,25,27)/b26-18+. The SMILES string of the molecule is Cc1cc(C)nc(N/N=c2\cc(-c3ccccc3)oc3c(Cl)cc(Cl)cc23)n1. The van der Waals surface area contributed by atoms with Gasteiger partial charge in [-0.1, -0.05) is 53.5 Å². The number of anilines is 1. The van der Waals surface area contributed by atoms with Crippen LogP contribution in [0.3, 0.4) is 0 Å². The van der Waals surface area contributed by atoms with Crippen molar-refractivity contribution in [2.24, 2.45) is 5.10 Å². The number of hydrogen-bond acceptors (Lipinski definition) is 5. The number of hydrogen-bond donors (Lipinski definition) is 1. The Hall–Kier alpha value is -2.89. The van der Waals surface area contributed by atoms with Crippen molar-refractivity contribution in [3.05, 3.63) is 81.4 Å². The number of nitrogens with zero attached hydrogens (tertiary/aromatic N) is 3. The minimum Gasteiger partial charge on any atom is -0.454 e. The summed E-state index contributed by atoms with van der Waals surface area (Å²) in [6.07, 6.45) is 0. The lowest BCUT2D eigenvalue weighted by molar-refractivity contribution is 0.618. The summed E-state index contributed by atoms with van der Waals surface area (Å²) in [4.78, 5) is 8.71. The third kappa shape index (κ3) is 3.86. The van der Waals surface area contributed by atoms with E-state index in [0.717, 1.165) is 17.0 Å². The molecule has 5 nitrogen and oxygen atoms in total. The van der Waals surface area contributed by atoms with Crippen LogP contribution in [0.2, 0.25) is 10.0 Å². The van der Waals surface area contributed by atoms with E-state index in [0.29, 0.717) is 38.1 Å². The molecule has 28 heavy (non-hydrogen) atoms. The van der Waals surface area contributed by atoms with Crippen LogP contribution in [0.1, 0.15) is 11.4 Å². The number of rotatable bonds is 3. The van der Waals surface area contributed by atoms with Gasteiger partial charge in [0.15, 0.2) is 5.58 Å². The molecule has 0 saturated carbocycles. The van der Waals surface area contributed by atoms with Gasteiger partial charge in [-0.3, -0.25) is 0 Å². The van der Waals surface area contributed by atoms with Gasteiger partial charge in [0.2, 0.25) is 5.95 Å². The second kappa shape index (κ2) is 7.62. The summed E-state index contributed by atoms with van der Waals surface area (Å²) < 4.78 is 6.05. The van der Waals surface area contributed by atoms with Crippen molar-refractivity contribution in [2.45, 2.75) is 13.8 Å². The van der Waals surface area contributed by atoms with Crippen molar-refractivity contribution in [3.8, 4) is 11.3 Å². The lowest BCUT2D eigenvalue weighted by atomic mass is 10.1. The molecule has 1 N–H and O–H groups in total. The summed E-state index contributed by atoms with van der Waals surface area (Å²) in [6, 6.07) is 16.9. The van der Waals surface area contributed by atoms with E-state index < -0.39 is 0 Å². The molecule has 2 aromatic carbocycles. The Labute approximate surface area is 171 Å². The highest BCUT2D eigenvalue weighted by molar-refractivity contribution is 6.38. The normalized spacial score (nSPS) is 11.8. The first-order valence-corrected chi connectivity index (χ1v) is 9.35. The van der Waals surface area contributed by atoms with Gasteiger partial charge >= 0.3 is 0 Å². The van der Waals surface area contributed by atoms with Gasteiger partial charge in [-0.25, -0.2) is 15.4 Å². The van der Waals surface area contributed by atoms with Gasteiger partial charge < -0.3 is 4.42 Å². The fourth-order valence-electron chi connectivity index (χ4n) is 2.92. The van der Waals surface area contributed by atoms with E-state index in [9.17, 15) is 0 Å². The molecule has 0 bridgehead atoms. The Morgan fingerprint density at radius 3 is 2.36 bits per heavy atom. The summed E-state index contributed by atoms with van der Waals surface area (Å²) in [5.41, 5.74) is 6.06. The van der Waals surface area contributed by atoms with Gasteiger partial charge in [-0.2, -0.15) is 5.10 Å². The number of aromatic nitrogens is 2. The average molecular weight is 411 g/mol. The molecule has 140 valence electrons. The van der Waals surface area contributed by atoms with Crippen LogP contribution in [-0.4, -0.2) is 9.97 Å². The van der Waals surface area contributed by atoms with E-state index in [-0.39, 0.29) is 0 Å². The molecule has 7 heteroatoms. The highest BCUT2D eigenvalue weighted by Gasteiger charge is 2.10. The predicted molar refractivity (Wildman–Crippen MR) is 112 cm³/mol. The van der Waals surface area contributed by atoms with E-state index in [2.05, 4.69) is 20.5 Å². The van der Waals surface area contributed by atoms with Crippen LogP contribution in [0.4, 0.5) is 5.95 Å². The van der Waals surface area contributed by atoms with Crippen molar-refractivity contribution < 1.29 is 4.42 Å². The molecule has 0 atom stereocenters. The van der Waals surface area contributed by atoms with E-state index >= 15 is 0 Å². The molecule has 2 aromatic heterocycles. The molecular formula is C21H16Cl2N4O. The summed E-state index contributed by atoms with van der Waals surface area (Å²) >= 11 is 12.6. The zero-order valence-electron chi connectivity index (χ0n) is 15.2. The highest BCUT2D eigenvalue weighted by atomic mass is 35.5. The predicted octanol–water partition coefficient (Wildman–Crippen LogP) is 5.74. The molecule has 0 radical (unpaired) electrons. The van der Waals surface area contributed by atoms with Crippen molar-refractivity contribution in [1.82, 2.24) is 9.97 Å². The van der Waals surface area contributed by atoms with Crippen molar-refractivity contribution in [2.75, 3.05) is 5.43 Å². The quantitative estimate of drug-likeness (QED) is 0.437. The third-order valence-corrected chi connectivity index (χ3v) is 4.58. The van der Waals surface area contributed by atoms with Crippen molar-refractivity contribution >= 4 is 40.1 Å². The number of halogens is 2. The molecule has 0 aliphatic heterocycles. The smallest absolute Gasteiger partial charge is 0.243 e. The highest BCUT2D eigenvalue weighted by Crippen LogP contribution is 2.29. The van der Waals surface area contributed by atoms with Gasteiger partial charge in [0.25, 0.3) is 0 Å².